The Bertz CT molecular complexity index is 523. The van der Waals surface area contributed by atoms with Crippen molar-refractivity contribution in [2.24, 2.45) is 11.7 Å². The number of rotatable bonds is 4. The third-order valence-corrected chi connectivity index (χ3v) is 4.28. The molecule has 1 aromatic heterocycles. The molecule has 22 heavy (non-hydrogen) atoms. The Morgan fingerprint density at radius 3 is 2.50 bits per heavy atom. The molecule has 3 rings (SSSR count). The van der Waals surface area contributed by atoms with Crippen molar-refractivity contribution in [3.05, 3.63) is 17.8 Å². The number of halogens is 3. The van der Waals surface area contributed by atoms with Gasteiger partial charge in [-0.05, 0) is 43.7 Å². The normalized spacial score (nSPS) is 25.2. The van der Waals surface area contributed by atoms with Crippen LogP contribution in [-0.4, -0.2) is 30.7 Å². The second-order valence-electron chi connectivity index (χ2n) is 6.12. The molecule has 0 aromatic carbocycles. The molecule has 4 nitrogen and oxygen atoms in total. The summed E-state index contributed by atoms with van der Waals surface area (Å²) in [5.41, 5.74) is 4.87. The minimum absolute atomic E-state index is 0.234. The molecule has 1 saturated carbocycles. The first-order valence-corrected chi connectivity index (χ1v) is 7.65. The fourth-order valence-corrected chi connectivity index (χ4v) is 2.99. The zero-order valence-electron chi connectivity index (χ0n) is 12.3. The van der Waals surface area contributed by atoms with E-state index < -0.39 is 11.9 Å². The number of hydrogen-bond donors (Lipinski definition) is 1. The van der Waals surface area contributed by atoms with Crippen LogP contribution in [0, 0.1) is 5.92 Å². The lowest BCUT2D eigenvalue weighted by Gasteiger charge is -2.32. The van der Waals surface area contributed by atoms with E-state index in [9.17, 15) is 13.2 Å². The first-order chi connectivity index (χ1) is 10.4. The van der Waals surface area contributed by atoms with Gasteiger partial charge in [-0.15, -0.1) is 0 Å². The van der Waals surface area contributed by atoms with E-state index in [1.165, 1.54) is 6.07 Å². The number of anilines is 1. The lowest BCUT2D eigenvalue weighted by Crippen LogP contribution is -2.39. The Morgan fingerprint density at radius 1 is 1.23 bits per heavy atom. The Labute approximate surface area is 127 Å². The molecular weight excluding hydrogens is 295 g/mol. The summed E-state index contributed by atoms with van der Waals surface area (Å²) in [7, 11) is 0. The van der Waals surface area contributed by atoms with Gasteiger partial charge in [0.1, 0.15) is 5.69 Å². The molecule has 2 N–H and O–H groups in total. The Morgan fingerprint density at radius 2 is 1.91 bits per heavy atom. The standard InChI is InChI=1S/C15H20F3N3O/c16-15(17,18)13-4-3-12(22-9-10-7-11(19)8-10)14(20-13)21-5-1-2-6-21/h3-4,10-11H,1-2,5-9,19H2/t10-,11+. The van der Waals surface area contributed by atoms with E-state index in [1.807, 2.05) is 4.90 Å². The number of aromatic nitrogens is 1. The van der Waals surface area contributed by atoms with Gasteiger partial charge in [0.2, 0.25) is 0 Å². The Kier molecular flexibility index (Phi) is 4.16. The van der Waals surface area contributed by atoms with Crippen LogP contribution in [0.4, 0.5) is 19.0 Å². The maximum atomic E-state index is 12.9. The van der Waals surface area contributed by atoms with Gasteiger partial charge in [-0.3, -0.25) is 0 Å². The third-order valence-electron chi connectivity index (χ3n) is 4.28. The number of nitrogens with two attached hydrogens (primary N) is 1. The first kappa shape index (κ1) is 15.4. The fraction of sp³-hybridized carbons (Fsp3) is 0.667. The molecule has 2 aliphatic rings. The fourth-order valence-electron chi connectivity index (χ4n) is 2.99. The quantitative estimate of drug-likeness (QED) is 0.928. The molecule has 0 bridgehead atoms. The minimum Gasteiger partial charge on any atom is -0.489 e. The Hall–Kier alpha value is -1.50. The van der Waals surface area contributed by atoms with Crippen molar-refractivity contribution in [1.29, 1.82) is 0 Å². The highest BCUT2D eigenvalue weighted by Crippen LogP contribution is 2.36. The van der Waals surface area contributed by atoms with Gasteiger partial charge in [0.25, 0.3) is 0 Å². The lowest BCUT2D eigenvalue weighted by molar-refractivity contribution is -0.141. The van der Waals surface area contributed by atoms with Crippen LogP contribution in [0.5, 0.6) is 5.75 Å². The van der Waals surface area contributed by atoms with E-state index in [0.29, 0.717) is 24.1 Å². The molecule has 1 saturated heterocycles. The van der Waals surface area contributed by atoms with Crippen molar-refractivity contribution >= 4 is 5.82 Å². The molecule has 1 aromatic rings. The lowest BCUT2D eigenvalue weighted by atomic mass is 9.82. The van der Waals surface area contributed by atoms with Crippen LogP contribution < -0.4 is 15.4 Å². The molecule has 122 valence electrons. The third kappa shape index (κ3) is 3.29. The van der Waals surface area contributed by atoms with Crippen molar-refractivity contribution < 1.29 is 17.9 Å². The van der Waals surface area contributed by atoms with Crippen LogP contribution in [0.3, 0.4) is 0 Å². The average Bonchev–Trinajstić information content (AvgIpc) is 2.95. The van der Waals surface area contributed by atoms with Crippen LogP contribution in [0.2, 0.25) is 0 Å². The monoisotopic (exact) mass is 315 g/mol. The number of pyridine rings is 1. The molecule has 0 unspecified atom stereocenters. The van der Waals surface area contributed by atoms with Crippen molar-refractivity contribution in [3.63, 3.8) is 0 Å². The second-order valence-corrected chi connectivity index (χ2v) is 6.12. The number of alkyl halides is 3. The van der Waals surface area contributed by atoms with E-state index >= 15 is 0 Å². The summed E-state index contributed by atoms with van der Waals surface area (Å²) in [4.78, 5) is 5.69. The first-order valence-electron chi connectivity index (χ1n) is 7.65. The summed E-state index contributed by atoms with van der Waals surface area (Å²) in [6, 6.07) is 2.61. The predicted molar refractivity (Wildman–Crippen MR) is 76.9 cm³/mol. The van der Waals surface area contributed by atoms with E-state index in [1.54, 1.807) is 0 Å². The van der Waals surface area contributed by atoms with Gasteiger partial charge in [-0.25, -0.2) is 4.98 Å². The molecule has 0 amide bonds. The van der Waals surface area contributed by atoms with Crippen LogP contribution in [-0.2, 0) is 6.18 Å². The highest BCUT2D eigenvalue weighted by atomic mass is 19.4. The molecule has 7 heteroatoms. The number of ether oxygens (including phenoxy) is 1. The summed E-state index contributed by atoms with van der Waals surface area (Å²) >= 11 is 0. The van der Waals surface area contributed by atoms with E-state index in [2.05, 4.69) is 4.98 Å². The highest BCUT2D eigenvalue weighted by molar-refractivity contribution is 5.54. The predicted octanol–water partition coefficient (Wildman–Crippen LogP) is 2.82. The van der Waals surface area contributed by atoms with Gasteiger partial charge in [0, 0.05) is 19.1 Å². The summed E-state index contributed by atoms with van der Waals surface area (Å²) in [5, 5.41) is 0. The van der Waals surface area contributed by atoms with E-state index in [0.717, 1.165) is 44.8 Å². The largest absolute Gasteiger partial charge is 0.489 e. The van der Waals surface area contributed by atoms with Crippen molar-refractivity contribution in [3.8, 4) is 5.75 Å². The van der Waals surface area contributed by atoms with Gasteiger partial charge < -0.3 is 15.4 Å². The highest BCUT2D eigenvalue weighted by Gasteiger charge is 2.34. The molecule has 2 fully saturated rings. The van der Waals surface area contributed by atoms with Gasteiger partial charge in [0.05, 0.1) is 6.61 Å². The molecule has 0 atom stereocenters. The average molecular weight is 315 g/mol. The smallest absolute Gasteiger partial charge is 0.433 e. The molecular formula is C15H20F3N3O. The maximum Gasteiger partial charge on any atom is 0.433 e. The topological polar surface area (TPSA) is 51.4 Å². The Balaban J connectivity index is 1.77. The van der Waals surface area contributed by atoms with E-state index in [4.69, 9.17) is 10.5 Å². The van der Waals surface area contributed by atoms with Crippen LogP contribution in [0.1, 0.15) is 31.4 Å². The minimum atomic E-state index is -4.44. The van der Waals surface area contributed by atoms with Gasteiger partial charge >= 0.3 is 6.18 Å². The van der Waals surface area contributed by atoms with Crippen LogP contribution in [0.25, 0.3) is 0 Å². The van der Waals surface area contributed by atoms with Gasteiger partial charge in [0.15, 0.2) is 11.6 Å². The summed E-state index contributed by atoms with van der Waals surface area (Å²) in [6.45, 7) is 1.93. The van der Waals surface area contributed by atoms with Crippen LogP contribution in [0.15, 0.2) is 12.1 Å². The van der Waals surface area contributed by atoms with Gasteiger partial charge in [-0.1, -0.05) is 0 Å². The summed E-state index contributed by atoms with van der Waals surface area (Å²) < 4.78 is 44.4. The SMILES string of the molecule is N[C@H]1C[C@@H](COc2ccc(C(F)(F)F)nc2N2CCCC2)C1. The molecule has 2 heterocycles. The molecule has 1 aliphatic heterocycles. The number of nitrogens with zero attached hydrogens (tertiary/aromatic N) is 2. The zero-order valence-corrected chi connectivity index (χ0v) is 12.3. The molecule has 0 spiro atoms. The summed E-state index contributed by atoms with van der Waals surface area (Å²) in [5.74, 6) is 1.15. The maximum absolute atomic E-state index is 12.9. The number of hydrogen-bond acceptors (Lipinski definition) is 4. The van der Waals surface area contributed by atoms with E-state index in [-0.39, 0.29) is 6.04 Å². The second kappa shape index (κ2) is 5.95. The summed E-state index contributed by atoms with van der Waals surface area (Å²) in [6.07, 6.45) is -0.683. The van der Waals surface area contributed by atoms with Gasteiger partial charge in [-0.2, -0.15) is 13.2 Å². The van der Waals surface area contributed by atoms with Crippen molar-refractivity contribution in [2.75, 3.05) is 24.6 Å². The molecule has 0 radical (unpaired) electrons. The van der Waals surface area contributed by atoms with Crippen molar-refractivity contribution in [1.82, 2.24) is 4.98 Å². The van der Waals surface area contributed by atoms with Crippen molar-refractivity contribution in [2.45, 2.75) is 37.9 Å². The molecule has 1 aliphatic carbocycles. The zero-order chi connectivity index (χ0) is 15.7. The van der Waals surface area contributed by atoms with Crippen LogP contribution >= 0.6 is 0 Å².